The number of ether oxygens (including phenoxy) is 1. The number of benzene rings is 1. The Kier molecular flexibility index (Phi) is 4.14. The molecular formula is C14H14FN3O2. The van der Waals surface area contributed by atoms with Crippen molar-refractivity contribution in [3.8, 4) is 5.88 Å². The van der Waals surface area contributed by atoms with Gasteiger partial charge in [-0.2, -0.15) is 0 Å². The second-order valence-corrected chi connectivity index (χ2v) is 3.97. The number of nitrogen functional groups attached to an aromatic ring is 1. The van der Waals surface area contributed by atoms with Gasteiger partial charge < -0.3 is 15.8 Å². The third kappa shape index (κ3) is 3.03. The van der Waals surface area contributed by atoms with Gasteiger partial charge in [0, 0.05) is 11.9 Å². The first-order valence-corrected chi connectivity index (χ1v) is 6.06. The summed E-state index contributed by atoms with van der Waals surface area (Å²) in [6.07, 6.45) is 1.56. The van der Waals surface area contributed by atoms with E-state index in [4.69, 9.17) is 10.5 Å². The second-order valence-electron chi connectivity index (χ2n) is 3.97. The summed E-state index contributed by atoms with van der Waals surface area (Å²) < 4.78 is 18.3. The molecule has 1 aromatic carbocycles. The fraction of sp³-hybridized carbons (Fsp3) is 0.143. The number of hydrogen-bond acceptors (Lipinski definition) is 4. The summed E-state index contributed by atoms with van der Waals surface area (Å²) in [6, 6.07) is 6.94. The van der Waals surface area contributed by atoms with Gasteiger partial charge in [0.2, 0.25) is 5.88 Å². The van der Waals surface area contributed by atoms with Crippen molar-refractivity contribution in [3.63, 3.8) is 0 Å². The molecule has 1 aromatic heterocycles. The molecule has 20 heavy (non-hydrogen) atoms. The molecule has 2 aromatic rings. The van der Waals surface area contributed by atoms with Crippen LogP contribution in [0.25, 0.3) is 0 Å². The monoisotopic (exact) mass is 275 g/mol. The Morgan fingerprint density at radius 1 is 1.45 bits per heavy atom. The van der Waals surface area contributed by atoms with Gasteiger partial charge >= 0.3 is 0 Å². The number of amides is 1. The topological polar surface area (TPSA) is 77.2 Å². The maximum absolute atomic E-state index is 13.0. The Morgan fingerprint density at radius 2 is 2.25 bits per heavy atom. The van der Waals surface area contributed by atoms with Crippen molar-refractivity contribution >= 4 is 17.3 Å². The number of nitrogens with zero attached hydrogens (tertiary/aromatic N) is 1. The van der Waals surface area contributed by atoms with Gasteiger partial charge in [0.15, 0.2) is 0 Å². The largest absolute Gasteiger partial charge is 0.476 e. The van der Waals surface area contributed by atoms with Crippen LogP contribution in [0.15, 0.2) is 36.5 Å². The van der Waals surface area contributed by atoms with Crippen LogP contribution < -0.4 is 15.8 Å². The highest BCUT2D eigenvalue weighted by atomic mass is 19.1. The minimum atomic E-state index is -0.490. The molecule has 0 aliphatic rings. The molecule has 0 unspecified atom stereocenters. The lowest BCUT2D eigenvalue weighted by Crippen LogP contribution is -2.15. The Balaban J connectivity index is 2.23. The molecule has 2 rings (SSSR count). The molecule has 0 saturated heterocycles. The molecule has 0 bridgehead atoms. The summed E-state index contributed by atoms with van der Waals surface area (Å²) in [4.78, 5) is 16.1. The van der Waals surface area contributed by atoms with Gasteiger partial charge in [0.05, 0.1) is 12.2 Å². The first kappa shape index (κ1) is 13.8. The van der Waals surface area contributed by atoms with E-state index in [1.165, 1.54) is 12.1 Å². The van der Waals surface area contributed by atoms with E-state index in [-0.39, 0.29) is 11.3 Å². The van der Waals surface area contributed by atoms with Gasteiger partial charge in [-0.1, -0.05) is 0 Å². The van der Waals surface area contributed by atoms with E-state index in [9.17, 15) is 9.18 Å². The van der Waals surface area contributed by atoms with Crippen molar-refractivity contribution in [2.24, 2.45) is 0 Å². The Labute approximate surface area is 115 Å². The minimum Gasteiger partial charge on any atom is -0.476 e. The highest BCUT2D eigenvalue weighted by Crippen LogP contribution is 2.22. The molecule has 0 radical (unpaired) electrons. The van der Waals surface area contributed by atoms with E-state index >= 15 is 0 Å². The van der Waals surface area contributed by atoms with Crippen molar-refractivity contribution < 1.29 is 13.9 Å². The van der Waals surface area contributed by atoms with Gasteiger partial charge in [-0.3, -0.25) is 4.79 Å². The number of anilines is 2. The number of rotatable bonds is 4. The zero-order chi connectivity index (χ0) is 14.5. The number of nitrogens with one attached hydrogen (secondary N) is 1. The van der Waals surface area contributed by atoms with Gasteiger partial charge in [-0.15, -0.1) is 0 Å². The van der Waals surface area contributed by atoms with Gasteiger partial charge in [0.1, 0.15) is 11.5 Å². The number of pyridine rings is 1. The molecule has 0 atom stereocenters. The number of carbonyl (C=O) groups is 1. The van der Waals surface area contributed by atoms with Crippen LogP contribution in [0.5, 0.6) is 5.88 Å². The maximum Gasteiger partial charge on any atom is 0.257 e. The number of aromatic nitrogens is 1. The van der Waals surface area contributed by atoms with Crippen molar-refractivity contribution in [1.82, 2.24) is 4.98 Å². The summed E-state index contributed by atoms with van der Waals surface area (Å²) in [5.74, 6) is -0.615. The molecule has 1 heterocycles. The molecule has 0 fully saturated rings. The highest BCUT2D eigenvalue weighted by Gasteiger charge is 2.13. The fourth-order valence-corrected chi connectivity index (χ4v) is 1.67. The summed E-state index contributed by atoms with van der Waals surface area (Å²) in [5.41, 5.74) is 6.32. The Hall–Kier alpha value is -2.63. The standard InChI is InChI=1S/C14H14FN3O2/c1-2-20-14-12(4-3-7-17-14)18-13(19)10-6-5-9(15)8-11(10)16/h3-8H,2,16H2,1H3,(H,18,19). The summed E-state index contributed by atoms with van der Waals surface area (Å²) >= 11 is 0. The van der Waals surface area contributed by atoms with Crippen LogP contribution in [0.1, 0.15) is 17.3 Å². The summed E-state index contributed by atoms with van der Waals surface area (Å²) in [5, 5.41) is 2.64. The van der Waals surface area contributed by atoms with Crippen LogP contribution in [0.3, 0.4) is 0 Å². The molecule has 6 heteroatoms. The smallest absolute Gasteiger partial charge is 0.257 e. The number of halogens is 1. The predicted molar refractivity (Wildman–Crippen MR) is 74.2 cm³/mol. The third-order valence-corrected chi connectivity index (χ3v) is 2.56. The SMILES string of the molecule is CCOc1ncccc1NC(=O)c1ccc(F)cc1N. The highest BCUT2D eigenvalue weighted by molar-refractivity contribution is 6.08. The first-order chi connectivity index (χ1) is 9.61. The average Bonchev–Trinajstić information content (AvgIpc) is 2.41. The predicted octanol–water partition coefficient (Wildman–Crippen LogP) is 2.45. The van der Waals surface area contributed by atoms with E-state index in [1.807, 2.05) is 6.92 Å². The van der Waals surface area contributed by atoms with E-state index in [2.05, 4.69) is 10.3 Å². The fourth-order valence-electron chi connectivity index (χ4n) is 1.67. The van der Waals surface area contributed by atoms with Crippen LogP contribution in [-0.4, -0.2) is 17.5 Å². The zero-order valence-corrected chi connectivity index (χ0v) is 10.9. The van der Waals surface area contributed by atoms with Crippen molar-refractivity contribution in [1.29, 1.82) is 0 Å². The Bertz CT molecular complexity index is 632. The lowest BCUT2D eigenvalue weighted by Gasteiger charge is -2.11. The van der Waals surface area contributed by atoms with E-state index in [0.717, 1.165) is 6.07 Å². The van der Waals surface area contributed by atoms with Crippen LogP contribution in [0.2, 0.25) is 0 Å². The van der Waals surface area contributed by atoms with Gasteiger partial charge in [-0.25, -0.2) is 9.37 Å². The minimum absolute atomic E-state index is 0.0735. The summed E-state index contributed by atoms with van der Waals surface area (Å²) in [7, 11) is 0. The maximum atomic E-state index is 13.0. The number of nitrogens with two attached hydrogens (primary N) is 1. The molecule has 5 nitrogen and oxygen atoms in total. The lowest BCUT2D eigenvalue weighted by atomic mass is 10.1. The molecule has 1 amide bonds. The van der Waals surface area contributed by atoms with Crippen molar-refractivity contribution in [3.05, 3.63) is 47.9 Å². The van der Waals surface area contributed by atoms with Crippen LogP contribution in [-0.2, 0) is 0 Å². The third-order valence-electron chi connectivity index (χ3n) is 2.56. The number of hydrogen-bond donors (Lipinski definition) is 2. The molecule has 0 saturated carbocycles. The first-order valence-electron chi connectivity index (χ1n) is 6.06. The molecule has 104 valence electrons. The molecule has 0 aliphatic carbocycles. The molecule has 0 aliphatic heterocycles. The molecule has 3 N–H and O–H groups in total. The van der Waals surface area contributed by atoms with Crippen LogP contribution >= 0.6 is 0 Å². The molecular weight excluding hydrogens is 261 g/mol. The van der Waals surface area contributed by atoms with E-state index in [0.29, 0.717) is 18.2 Å². The quantitative estimate of drug-likeness (QED) is 0.840. The second kappa shape index (κ2) is 6.01. The van der Waals surface area contributed by atoms with E-state index < -0.39 is 11.7 Å². The normalized spacial score (nSPS) is 10.1. The van der Waals surface area contributed by atoms with Gasteiger partial charge in [0.25, 0.3) is 5.91 Å². The average molecular weight is 275 g/mol. The Morgan fingerprint density at radius 3 is 2.95 bits per heavy atom. The zero-order valence-electron chi connectivity index (χ0n) is 10.9. The van der Waals surface area contributed by atoms with Crippen LogP contribution in [0, 0.1) is 5.82 Å². The van der Waals surface area contributed by atoms with E-state index in [1.54, 1.807) is 18.3 Å². The van der Waals surface area contributed by atoms with Crippen LogP contribution in [0.4, 0.5) is 15.8 Å². The number of carbonyl (C=O) groups excluding carboxylic acids is 1. The molecule has 0 spiro atoms. The lowest BCUT2D eigenvalue weighted by molar-refractivity contribution is 0.102. The van der Waals surface area contributed by atoms with Crippen molar-refractivity contribution in [2.45, 2.75) is 6.92 Å². The van der Waals surface area contributed by atoms with Gasteiger partial charge in [-0.05, 0) is 37.3 Å². The summed E-state index contributed by atoms with van der Waals surface area (Å²) in [6.45, 7) is 2.25. The van der Waals surface area contributed by atoms with Crippen molar-refractivity contribution in [2.75, 3.05) is 17.7 Å².